The van der Waals surface area contributed by atoms with Crippen molar-refractivity contribution in [3.8, 4) is 0 Å². The number of aliphatic hydroxyl groups excluding tert-OH is 1. The van der Waals surface area contributed by atoms with Gasteiger partial charge in [0.15, 0.2) is 0 Å². The maximum atomic E-state index is 13.4. The second-order valence-electron chi connectivity index (χ2n) is 4.39. The van der Waals surface area contributed by atoms with Crippen molar-refractivity contribution in [1.29, 1.82) is 0 Å². The van der Waals surface area contributed by atoms with E-state index in [4.69, 9.17) is 9.84 Å². The molecule has 0 bridgehead atoms. The second kappa shape index (κ2) is 5.47. The zero-order valence-corrected chi connectivity index (χ0v) is 10.0. The SMILES string of the molecule is COCCN(c1cc(F)cc(CO)c1)C1CC1. The minimum absolute atomic E-state index is 0.131. The molecule has 0 aromatic heterocycles. The number of hydrogen-bond acceptors (Lipinski definition) is 3. The first-order valence-electron chi connectivity index (χ1n) is 5.90. The first-order chi connectivity index (χ1) is 8.24. The van der Waals surface area contributed by atoms with E-state index in [-0.39, 0.29) is 12.4 Å². The summed E-state index contributed by atoms with van der Waals surface area (Å²) in [6, 6.07) is 5.23. The summed E-state index contributed by atoms with van der Waals surface area (Å²) in [7, 11) is 1.66. The van der Waals surface area contributed by atoms with Crippen molar-refractivity contribution in [1.82, 2.24) is 0 Å². The van der Waals surface area contributed by atoms with Crippen LogP contribution in [0.2, 0.25) is 0 Å². The molecule has 0 saturated heterocycles. The number of ether oxygens (including phenoxy) is 1. The predicted molar refractivity (Wildman–Crippen MR) is 64.6 cm³/mol. The highest BCUT2D eigenvalue weighted by atomic mass is 19.1. The highest BCUT2D eigenvalue weighted by molar-refractivity contribution is 5.51. The standard InChI is InChI=1S/C13H18FNO2/c1-17-5-4-15(12-2-3-12)13-7-10(9-16)6-11(14)8-13/h6-8,12,16H,2-5,9H2,1H3. The Morgan fingerprint density at radius 1 is 1.41 bits per heavy atom. The van der Waals surface area contributed by atoms with Crippen molar-refractivity contribution in [3.05, 3.63) is 29.6 Å². The van der Waals surface area contributed by atoms with E-state index in [9.17, 15) is 4.39 Å². The van der Waals surface area contributed by atoms with Gasteiger partial charge in [-0.1, -0.05) is 0 Å². The molecule has 0 amide bonds. The van der Waals surface area contributed by atoms with Crippen molar-refractivity contribution in [2.45, 2.75) is 25.5 Å². The maximum absolute atomic E-state index is 13.4. The molecule has 1 aromatic carbocycles. The van der Waals surface area contributed by atoms with Gasteiger partial charge in [-0.25, -0.2) is 4.39 Å². The van der Waals surface area contributed by atoms with E-state index in [1.807, 2.05) is 6.07 Å². The molecular weight excluding hydrogens is 221 g/mol. The number of nitrogens with zero attached hydrogens (tertiary/aromatic N) is 1. The molecule has 3 nitrogen and oxygen atoms in total. The topological polar surface area (TPSA) is 32.7 Å². The highest BCUT2D eigenvalue weighted by Crippen LogP contribution is 2.32. The van der Waals surface area contributed by atoms with Gasteiger partial charge in [0.2, 0.25) is 0 Å². The number of benzene rings is 1. The Morgan fingerprint density at radius 3 is 2.76 bits per heavy atom. The van der Waals surface area contributed by atoms with Crippen LogP contribution in [-0.2, 0) is 11.3 Å². The summed E-state index contributed by atoms with van der Waals surface area (Å²) in [6.45, 7) is 1.25. The molecule has 0 heterocycles. The average Bonchev–Trinajstić information content (AvgIpc) is 3.13. The van der Waals surface area contributed by atoms with Crippen molar-refractivity contribution >= 4 is 5.69 Å². The summed E-state index contributed by atoms with van der Waals surface area (Å²) >= 11 is 0. The van der Waals surface area contributed by atoms with E-state index in [0.717, 1.165) is 25.1 Å². The van der Waals surface area contributed by atoms with Crippen LogP contribution in [0.3, 0.4) is 0 Å². The molecular formula is C13H18FNO2. The zero-order valence-electron chi connectivity index (χ0n) is 10.0. The van der Waals surface area contributed by atoms with Gasteiger partial charge >= 0.3 is 0 Å². The summed E-state index contributed by atoms with van der Waals surface area (Å²) in [5.41, 5.74) is 1.46. The summed E-state index contributed by atoms with van der Waals surface area (Å²) in [4.78, 5) is 2.16. The van der Waals surface area contributed by atoms with Gasteiger partial charge in [0.05, 0.1) is 13.2 Å². The smallest absolute Gasteiger partial charge is 0.125 e. The van der Waals surface area contributed by atoms with Gasteiger partial charge in [-0.05, 0) is 36.6 Å². The second-order valence-corrected chi connectivity index (χ2v) is 4.39. The van der Waals surface area contributed by atoms with Crippen molar-refractivity contribution in [2.75, 3.05) is 25.2 Å². The van der Waals surface area contributed by atoms with Gasteiger partial charge in [0.1, 0.15) is 5.82 Å². The van der Waals surface area contributed by atoms with Crippen molar-refractivity contribution in [3.63, 3.8) is 0 Å². The monoisotopic (exact) mass is 239 g/mol. The van der Waals surface area contributed by atoms with Crippen LogP contribution >= 0.6 is 0 Å². The number of hydrogen-bond donors (Lipinski definition) is 1. The van der Waals surface area contributed by atoms with Crippen molar-refractivity contribution in [2.24, 2.45) is 0 Å². The van der Waals surface area contributed by atoms with E-state index in [2.05, 4.69) is 4.90 Å². The Hall–Kier alpha value is -1.13. The normalized spacial score (nSPS) is 15.0. The summed E-state index contributed by atoms with van der Waals surface area (Å²) in [5.74, 6) is -0.297. The molecule has 17 heavy (non-hydrogen) atoms. The molecule has 0 atom stereocenters. The molecule has 0 spiro atoms. The van der Waals surface area contributed by atoms with Crippen LogP contribution in [0.4, 0.5) is 10.1 Å². The molecule has 1 aromatic rings. The van der Waals surface area contributed by atoms with Crippen LogP contribution in [0.25, 0.3) is 0 Å². The molecule has 4 heteroatoms. The third kappa shape index (κ3) is 3.17. The van der Waals surface area contributed by atoms with Crippen LogP contribution < -0.4 is 4.90 Å². The number of anilines is 1. The van der Waals surface area contributed by atoms with Gasteiger partial charge in [-0.3, -0.25) is 0 Å². The van der Waals surface area contributed by atoms with Gasteiger partial charge in [-0.15, -0.1) is 0 Å². The lowest BCUT2D eigenvalue weighted by Crippen LogP contribution is -2.29. The lowest BCUT2D eigenvalue weighted by molar-refractivity contribution is 0.205. The van der Waals surface area contributed by atoms with Crippen LogP contribution in [0.5, 0.6) is 0 Å². The third-order valence-corrected chi connectivity index (χ3v) is 2.98. The summed E-state index contributed by atoms with van der Waals surface area (Å²) in [5, 5.41) is 9.09. The van der Waals surface area contributed by atoms with E-state index in [0.29, 0.717) is 18.2 Å². The first kappa shape index (κ1) is 12.3. The van der Waals surface area contributed by atoms with E-state index in [1.54, 1.807) is 7.11 Å². The van der Waals surface area contributed by atoms with Gasteiger partial charge in [0.25, 0.3) is 0 Å². The Labute approximate surface area is 101 Å². The Morgan fingerprint density at radius 2 is 2.18 bits per heavy atom. The molecule has 2 rings (SSSR count). The lowest BCUT2D eigenvalue weighted by atomic mass is 10.2. The molecule has 1 N–H and O–H groups in total. The number of rotatable bonds is 6. The quantitative estimate of drug-likeness (QED) is 0.823. The molecule has 94 valence electrons. The zero-order chi connectivity index (χ0) is 12.3. The Bertz CT molecular complexity index is 380. The predicted octanol–water partition coefficient (Wildman–Crippen LogP) is 1.93. The fraction of sp³-hybridized carbons (Fsp3) is 0.538. The van der Waals surface area contributed by atoms with E-state index < -0.39 is 0 Å². The van der Waals surface area contributed by atoms with Gasteiger partial charge < -0.3 is 14.7 Å². The van der Waals surface area contributed by atoms with Gasteiger partial charge in [0, 0.05) is 25.4 Å². The van der Waals surface area contributed by atoms with Gasteiger partial charge in [-0.2, -0.15) is 0 Å². The largest absolute Gasteiger partial charge is 0.392 e. The Balaban J connectivity index is 2.18. The van der Waals surface area contributed by atoms with E-state index in [1.165, 1.54) is 12.1 Å². The van der Waals surface area contributed by atoms with Crippen LogP contribution in [0.15, 0.2) is 18.2 Å². The third-order valence-electron chi connectivity index (χ3n) is 2.98. The Kier molecular flexibility index (Phi) is 3.97. The molecule has 1 fully saturated rings. The molecule has 0 aliphatic heterocycles. The van der Waals surface area contributed by atoms with Crippen LogP contribution in [-0.4, -0.2) is 31.4 Å². The maximum Gasteiger partial charge on any atom is 0.125 e. The fourth-order valence-corrected chi connectivity index (χ4v) is 1.99. The van der Waals surface area contributed by atoms with E-state index >= 15 is 0 Å². The molecule has 0 unspecified atom stereocenters. The number of halogens is 1. The minimum atomic E-state index is -0.297. The van der Waals surface area contributed by atoms with Crippen LogP contribution in [0, 0.1) is 5.82 Å². The number of methoxy groups -OCH3 is 1. The highest BCUT2D eigenvalue weighted by Gasteiger charge is 2.29. The molecule has 1 saturated carbocycles. The average molecular weight is 239 g/mol. The fourth-order valence-electron chi connectivity index (χ4n) is 1.99. The molecule has 1 aliphatic rings. The molecule has 1 aliphatic carbocycles. The first-order valence-corrected chi connectivity index (χ1v) is 5.90. The minimum Gasteiger partial charge on any atom is -0.392 e. The molecule has 0 radical (unpaired) electrons. The summed E-state index contributed by atoms with van der Waals surface area (Å²) in [6.07, 6.45) is 2.30. The lowest BCUT2D eigenvalue weighted by Gasteiger charge is -2.25. The van der Waals surface area contributed by atoms with Crippen LogP contribution in [0.1, 0.15) is 18.4 Å². The summed E-state index contributed by atoms with van der Waals surface area (Å²) < 4.78 is 18.5. The van der Waals surface area contributed by atoms with Crippen molar-refractivity contribution < 1.29 is 14.2 Å². The number of aliphatic hydroxyl groups is 1.